The van der Waals surface area contributed by atoms with E-state index in [0.29, 0.717) is 24.2 Å². The lowest BCUT2D eigenvalue weighted by atomic mass is 10.2. The molecule has 0 fully saturated rings. The first-order valence-corrected chi connectivity index (χ1v) is 7.87. The molecule has 6 heteroatoms. The summed E-state index contributed by atoms with van der Waals surface area (Å²) in [7, 11) is -3.72. The molecule has 0 aliphatic carbocycles. The average Bonchev–Trinajstić information content (AvgIpc) is 2.82. The molecule has 1 heterocycles. The topological polar surface area (TPSA) is 37.4 Å². The van der Waals surface area contributed by atoms with Gasteiger partial charge in [0.15, 0.2) is 0 Å². The van der Waals surface area contributed by atoms with E-state index in [1.165, 1.54) is 34.6 Å². The van der Waals surface area contributed by atoms with E-state index in [4.69, 9.17) is 11.6 Å². The Morgan fingerprint density at radius 1 is 1.15 bits per heavy atom. The van der Waals surface area contributed by atoms with E-state index >= 15 is 0 Å². The fourth-order valence-electron chi connectivity index (χ4n) is 2.36. The lowest BCUT2D eigenvalue weighted by molar-refractivity contribution is 0.592. The second-order valence-corrected chi connectivity index (χ2v) is 6.77. The van der Waals surface area contributed by atoms with Crippen molar-refractivity contribution in [2.75, 3.05) is 10.8 Å². The molecule has 104 valence electrons. The normalized spacial score (nSPS) is 14.4. The van der Waals surface area contributed by atoms with Crippen LogP contribution in [-0.4, -0.2) is 15.0 Å². The Labute approximate surface area is 121 Å². The Bertz CT molecular complexity index is 776. The van der Waals surface area contributed by atoms with E-state index in [2.05, 4.69) is 0 Å². The number of halogens is 2. The Morgan fingerprint density at radius 3 is 2.65 bits per heavy atom. The van der Waals surface area contributed by atoms with Crippen LogP contribution in [0.4, 0.5) is 10.1 Å². The second-order valence-electron chi connectivity index (χ2n) is 4.53. The molecular formula is C14H11ClFNO2S. The summed E-state index contributed by atoms with van der Waals surface area (Å²) in [6.45, 7) is 0.298. The van der Waals surface area contributed by atoms with Gasteiger partial charge in [-0.3, -0.25) is 4.31 Å². The van der Waals surface area contributed by atoms with Crippen molar-refractivity contribution < 1.29 is 12.8 Å². The minimum Gasteiger partial charge on any atom is -0.266 e. The average molecular weight is 312 g/mol. The molecule has 0 radical (unpaired) electrons. The summed E-state index contributed by atoms with van der Waals surface area (Å²) in [6, 6.07) is 10.4. The molecule has 1 aliphatic rings. The van der Waals surface area contributed by atoms with Gasteiger partial charge in [-0.25, -0.2) is 12.8 Å². The van der Waals surface area contributed by atoms with Crippen molar-refractivity contribution in [2.24, 2.45) is 0 Å². The largest absolute Gasteiger partial charge is 0.266 e. The van der Waals surface area contributed by atoms with Gasteiger partial charge in [-0.15, -0.1) is 0 Å². The van der Waals surface area contributed by atoms with Crippen molar-refractivity contribution in [3.05, 3.63) is 58.9 Å². The van der Waals surface area contributed by atoms with Crippen molar-refractivity contribution in [2.45, 2.75) is 11.3 Å². The van der Waals surface area contributed by atoms with Crippen LogP contribution in [-0.2, 0) is 16.4 Å². The molecule has 0 saturated carbocycles. The number of sulfonamides is 1. The molecule has 0 N–H and O–H groups in total. The molecule has 0 amide bonds. The van der Waals surface area contributed by atoms with Crippen LogP contribution < -0.4 is 4.31 Å². The van der Waals surface area contributed by atoms with Crippen LogP contribution >= 0.6 is 11.6 Å². The molecule has 0 saturated heterocycles. The molecule has 0 unspecified atom stereocenters. The van der Waals surface area contributed by atoms with E-state index < -0.39 is 10.0 Å². The van der Waals surface area contributed by atoms with Crippen LogP contribution in [0.5, 0.6) is 0 Å². The Kier molecular flexibility index (Phi) is 3.18. The molecular weight excluding hydrogens is 301 g/mol. The number of hydrogen-bond donors (Lipinski definition) is 0. The molecule has 0 bridgehead atoms. The zero-order valence-electron chi connectivity index (χ0n) is 10.4. The quantitative estimate of drug-likeness (QED) is 0.854. The standard InChI is InChI=1S/C14H11ClFNO2S/c15-12-3-1-2-4-14(12)20(18,19)17-8-7-10-9-11(16)5-6-13(10)17/h1-6,9H,7-8H2. The molecule has 2 aromatic rings. The Morgan fingerprint density at radius 2 is 1.90 bits per heavy atom. The van der Waals surface area contributed by atoms with E-state index in [1.807, 2.05) is 0 Å². The molecule has 0 aromatic heterocycles. The molecule has 1 aliphatic heterocycles. The summed E-state index contributed by atoms with van der Waals surface area (Å²) in [5, 5.41) is 0.183. The van der Waals surface area contributed by atoms with E-state index in [1.54, 1.807) is 12.1 Å². The zero-order chi connectivity index (χ0) is 14.3. The summed E-state index contributed by atoms with van der Waals surface area (Å²) in [6.07, 6.45) is 0.497. The van der Waals surface area contributed by atoms with E-state index in [-0.39, 0.29) is 15.7 Å². The van der Waals surface area contributed by atoms with Gasteiger partial charge >= 0.3 is 0 Å². The maximum atomic E-state index is 13.2. The number of fused-ring (bicyclic) bond motifs is 1. The minimum absolute atomic E-state index is 0.0684. The highest BCUT2D eigenvalue weighted by Gasteiger charge is 2.32. The number of anilines is 1. The number of benzene rings is 2. The van der Waals surface area contributed by atoms with Gasteiger partial charge in [0.2, 0.25) is 0 Å². The first kappa shape index (κ1) is 13.4. The summed E-state index contributed by atoms with van der Waals surface area (Å²) >= 11 is 5.97. The van der Waals surface area contributed by atoms with Gasteiger partial charge in [0.05, 0.1) is 10.7 Å². The second kappa shape index (κ2) is 4.75. The van der Waals surface area contributed by atoms with Gasteiger partial charge in [-0.2, -0.15) is 0 Å². The highest BCUT2D eigenvalue weighted by atomic mass is 35.5. The molecule has 20 heavy (non-hydrogen) atoms. The van der Waals surface area contributed by atoms with Crippen molar-refractivity contribution in [1.82, 2.24) is 0 Å². The third kappa shape index (κ3) is 2.07. The first-order chi connectivity index (χ1) is 9.50. The fraction of sp³-hybridized carbons (Fsp3) is 0.143. The van der Waals surface area contributed by atoms with Crippen molar-refractivity contribution in [1.29, 1.82) is 0 Å². The van der Waals surface area contributed by atoms with Gasteiger partial charge in [0.25, 0.3) is 10.0 Å². The van der Waals surface area contributed by atoms with Crippen LogP contribution in [0, 0.1) is 5.82 Å². The van der Waals surface area contributed by atoms with Gasteiger partial charge < -0.3 is 0 Å². The molecule has 2 aromatic carbocycles. The third-order valence-corrected chi connectivity index (χ3v) is 5.61. The summed E-state index contributed by atoms with van der Waals surface area (Å²) in [4.78, 5) is 0.0684. The molecule has 0 atom stereocenters. The van der Waals surface area contributed by atoms with Gasteiger partial charge in [-0.05, 0) is 42.3 Å². The first-order valence-electron chi connectivity index (χ1n) is 6.06. The maximum Gasteiger partial charge on any atom is 0.265 e. The summed E-state index contributed by atoms with van der Waals surface area (Å²) in [5.41, 5.74) is 1.21. The highest BCUT2D eigenvalue weighted by Crippen LogP contribution is 2.35. The maximum absolute atomic E-state index is 13.2. The number of rotatable bonds is 2. The number of nitrogens with zero attached hydrogens (tertiary/aromatic N) is 1. The lowest BCUT2D eigenvalue weighted by Gasteiger charge is -2.20. The monoisotopic (exact) mass is 311 g/mol. The van der Waals surface area contributed by atoms with E-state index in [0.717, 1.165) is 0 Å². The van der Waals surface area contributed by atoms with Gasteiger partial charge in [-0.1, -0.05) is 23.7 Å². The van der Waals surface area contributed by atoms with E-state index in [9.17, 15) is 12.8 Å². The summed E-state index contributed by atoms with van der Waals surface area (Å²) in [5.74, 6) is -0.360. The van der Waals surface area contributed by atoms with Crippen molar-refractivity contribution in [3.63, 3.8) is 0 Å². The van der Waals surface area contributed by atoms with Crippen LogP contribution in [0.25, 0.3) is 0 Å². The Hall–Kier alpha value is -1.59. The highest BCUT2D eigenvalue weighted by molar-refractivity contribution is 7.93. The predicted octanol–water partition coefficient (Wildman–Crippen LogP) is 3.23. The van der Waals surface area contributed by atoms with Crippen LogP contribution in [0.3, 0.4) is 0 Å². The minimum atomic E-state index is -3.72. The predicted molar refractivity (Wildman–Crippen MR) is 76.1 cm³/mol. The zero-order valence-corrected chi connectivity index (χ0v) is 12.0. The van der Waals surface area contributed by atoms with Gasteiger partial charge in [0, 0.05) is 6.54 Å². The fourth-order valence-corrected chi connectivity index (χ4v) is 4.36. The number of hydrogen-bond acceptors (Lipinski definition) is 2. The SMILES string of the molecule is O=S(=O)(c1ccccc1Cl)N1CCc2cc(F)ccc21. The molecule has 3 nitrogen and oxygen atoms in total. The van der Waals surface area contributed by atoms with Crippen molar-refractivity contribution in [3.8, 4) is 0 Å². The van der Waals surface area contributed by atoms with Crippen molar-refractivity contribution >= 4 is 27.3 Å². The van der Waals surface area contributed by atoms with Gasteiger partial charge in [0.1, 0.15) is 10.7 Å². The summed E-state index contributed by atoms with van der Waals surface area (Å²) < 4.78 is 39.8. The molecule has 3 rings (SSSR count). The lowest BCUT2D eigenvalue weighted by Crippen LogP contribution is -2.29. The van der Waals surface area contributed by atoms with Crippen LogP contribution in [0.2, 0.25) is 5.02 Å². The van der Waals surface area contributed by atoms with Crippen LogP contribution in [0.15, 0.2) is 47.4 Å². The van der Waals surface area contributed by atoms with Crippen LogP contribution in [0.1, 0.15) is 5.56 Å². The third-order valence-electron chi connectivity index (χ3n) is 3.30. The smallest absolute Gasteiger partial charge is 0.265 e. The Balaban J connectivity index is 2.10. The molecule has 0 spiro atoms.